The average molecular weight is 264 g/mol. The third-order valence-corrected chi connectivity index (χ3v) is 3.18. The highest BCUT2D eigenvalue weighted by Crippen LogP contribution is 2.28. The predicted octanol–water partition coefficient (Wildman–Crippen LogP) is 0.882. The van der Waals surface area contributed by atoms with Crippen LogP contribution in [0.5, 0.6) is 0 Å². The summed E-state index contributed by atoms with van der Waals surface area (Å²) >= 11 is 0. The molecule has 0 aliphatic carbocycles. The molecule has 1 aromatic rings. The quantitative estimate of drug-likeness (QED) is 0.775. The molecule has 0 spiro atoms. The number of aromatic nitrogens is 2. The molecular weight excluding hydrogens is 248 g/mol. The number of imide groups is 2. The number of barbiturate groups is 1. The lowest BCUT2D eigenvalue weighted by Crippen LogP contribution is -2.59. The molecule has 7 heteroatoms. The van der Waals surface area contributed by atoms with Crippen LogP contribution in [-0.2, 0) is 9.59 Å². The van der Waals surface area contributed by atoms with Gasteiger partial charge in [-0.05, 0) is 19.8 Å². The molecule has 0 radical (unpaired) electrons. The summed E-state index contributed by atoms with van der Waals surface area (Å²) < 4.78 is 0. The minimum absolute atomic E-state index is 0.185. The van der Waals surface area contributed by atoms with E-state index in [-0.39, 0.29) is 5.92 Å². The lowest BCUT2D eigenvalue weighted by Gasteiger charge is -2.31. The fourth-order valence-corrected chi connectivity index (χ4v) is 2.26. The Bertz CT molecular complexity index is 542. The zero-order valence-corrected chi connectivity index (χ0v) is 11.3. The third-order valence-electron chi connectivity index (χ3n) is 3.18. The number of nitrogens with zero attached hydrogens (tertiary/aromatic N) is 2. The topological polar surface area (TPSA) is 95.2 Å². The van der Waals surface area contributed by atoms with Gasteiger partial charge in [-0.3, -0.25) is 20.0 Å². The molecule has 1 aromatic heterocycles. The highest BCUT2D eigenvalue weighted by atomic mass is 16.2. The number of hydrogen-bond donors (Lipinski definition) is 2. The van der Waals surface area contributed by atoms with Crippen molar-refractivity contribution < 1.29 is 14.4 Å². The molecule has 1 aliphatic heterocycles. The Kier molecular flexibility index (Phi) is 3.13. The first-order valence-corrected chi connectivity index (χ1v) is 6.05. The van der Waals surface area contributed by atoms with E-state index < -0.39 is 23.8 Å². The molecule has 2 N–H and O–H groups in total. The Morgan fingerprint density at radius 3 is 2.32 bits per heavy atom. The van der Waals surface area contributed by atoms with Crippen molar-refractivity contribution >= 4 is 23.5 Å². The van der Waals surface area contributed by atoms with Crippen molar-refractivity contribution in [2.75, 3.05) is 4.90 Å². The Labute approximate surface area is 110 Å². The zero-order valence-electron chi connectivity index (χ0n) is 11.3. The van der Waals surface area contributed by atoms with E-state index in [1.807, 2.05) is 0 Å². The van der Waals surface area contributed by atoms with Crippen LogP contribution in [0.15, 0.2) is 0 Å². The fourth-order valence-electron chi connectivity index (χ4n) is 2.26. The Hall–Kier alpha value is -2.18. The summed E-state index contributed by atoms with van der Waals surface area (Å²) in [7, 11) is 0. The Balaban J connectivity index is 2.48. The molecule has 2 rings (SSSR count). The van der Waals surface area contributed by atoms with Crippen LogP contribution in [0.3, 0.4) is 0 Å². The van der Waals surface area contributed by atoms with Crippen LogP contribution in [0.1, 0.15) is 25.2 Å². The van der Waals surface area contributed by atoms with Gasteiger partial charge in [0.05, 0.1) is 17.1 Å². The molecule has 0 saturated carbocycles. The van der Waals surface area contributed by atoms with Crippen LogP contribution in [0.4, 0.5) is 10.5 Å². The summed E-state index contributed by atoms with van der Waals surface area (Å²) in [6.45, 7) is 6.95. The summed E-state index contributed by atoms with van der Waals surface area (Å²) in [4.78, 5) is 37.0. The monoisotopic (exact) mass is 264 g/mol. The molecule has 0 bridgehead atoms. The van der Waals surface area contributed by atoms with Crippen LogP contribution in [0.25, 0.3) is 0 Å². The molecule has 1 aliphatic rings. The van der Waals surface area contributed by atoms with Gasteiger partial charge in [0.15, 0.2) is 0 Å². The maximum Gasteiger partial charge on any atom is 0.335 e. The smallest absolute Gasteiger partial charge is 0.280 e. The zero-order chi connectivity index (χ0) is 14.3. The van der Waals surface area contributed by atoms with Gasteiger partial charge in [-0.2, -0.15) is 5.10 Å². The molecule has 102 valence electrons. The molecule has 19 heavy (non-hydrogen) atoms. The van der Waals surface area contributed by atoms with Gasteiger partial charge in [0.25, 0.3) is 0 Å². The number of carbonyl (C=O) groups is 3. The third kappa shape index (κ3) is 2.00. The van der Waals surface area contributed by atoms with Crippen molar-refractivity contribution in [3.63, 3.8) is 0 Å². The molecule has 2 heterocycles. The Morgan fingerprint density at radius 1 is 1.21 bits per heavy atom. The highest BCUT2D eigenvalue weighted by molar-refractivity contribution is 6.28. The largest absolute Gasteiger partial charge is 0.335 e. The number of nitrogens with one attached hydrogen (secondary N) is 2. The molecule has 1 unspecified atom stereocenters. The lowest BCUT2D eigenvalue weighted by atomic mass is 9.91. The summed E-state index contributed by atoms with van der Waals surface area (Å²) in [5, 5.41) is 8.91. The van der Waals surface area contributed by atoms with Gasteiger partial charge in [-0.15, -0.1) is 0 Å². The van der Waals surface area contributed by atoms with E-state index in [0.717, 1.165) is 4.90 Å². The van der Waals surface area contributed by atoms with Gasteiger partial charge >= 0.3 is 6.03 Å². The summed E-state index contributed by atoms with van der Waals surface area (Å²) in [5.74, 6) is -2.08. The molecule has 1 atom stereocenters. The first kappa shape index (κ1) is 13.3. The number of amides is 4. The van der Waals surface area contributed by atoms with Crippen LogP contribution >= 0.6 is 0 Å². The van der Waals surface area contributed by atoms with E-state index in [2.05, 4.69) is 15.5 Å². The number of carbonyl (C=O) groups excluding carboxylic acids is 3. The Morgan fingerprint density at radius 2 is 1.84 bits per heavy atom. The van der Waals surface area contributed by atoms with Gasteiger partial charge in [-0.1, -0.05) is 13.8 Å². The van der Waals surface area contributed by atoms with Gasteiger partial charge < -0.3 is 0 Å². The number of aromatic amines is 1. The van der Waals surface area contributed by atoms with E-state index in [4.69, 9.17) is 0 Å². The first-order valence-electron chi connectivity index (χ1n) is 6.05. The number of aryl methyl sites for hydroxylation is 2. The minimum atomic E-state index is -0.855. The fraction of sp³-hybridized carbons (Fsp3) is 0.500. The van der Waals surface area contributed by atoms with Crippen LogP contribution in [0.2, 0.25) is 0 Å². The van der Waals surface area contributed by atoms with Gasteiger partial charge in [0.1, 0.15) is 5.92 Å². The van der Waals surface area contributed by atoms with Gasteiger partial charge in [0.2, 0.25) is 11.8 Å². The van der Waals surface area contributed by atoms with E-state index in [1.54, 1.807) is 27.7 Å². The van der Waals surface area contributed by atoms with E-state index in [0.29, 0.717) is 17.1 Å². The number of H-pyrrole nitrogens is 1. The summed E-state index contributed by atoms with van der Waals surface area (Å²) in [6.07, 6.45) is 0. The first-order chi connectivity index (χ1) is 8.84. The minimum Gasteiger partial charge on any atom is -0.280 e. The number of anilines is 1. The normalized spacial score (nSPS) is 20.2. The molecular formula is C12H16N4O3. The molecule has 1 fully saturated rings. The van der Waals surface area contributed by atoms with E-state index >= 15 is 0 Å². The predicted molar refractivity (Wildman–Crippen MR) is 67.4 cm³/mol. The van der Waals surface area contributed by atoms with Crippen LogP contribution < -0.4 is 10.2 Å². The van der Waals surface area contributed by atoms with E-state index in [1.165, 1.54) is 0 Å². The second kappa shape index (κ2) is 4.49. The maximum atomic E-state index is 12.4. The average Bonchev–Trinajstić information content (AvgIpc) is 2.59. The van der Waals surface area contributed by atoms with Crippen molar-refractivity contribution in [1.82, 2.24) is 15.5 Å². The van der Waals surface area contributed by atoms with Crippen molar-refractivity contribution in [2.45, 2.75) is 27.7 Å². The second-order valence-corrected chi connectivity index (χ2v) is 4.97. The molecule has 7 nitrogen and oxygen atoms in total. The summed E-state index contributed by atoms with van der Waals surface area (Å²) in [5.41, 5.74) is 1.57. The van der Waals surface area contributed by atoms with Crippen molar-refractivity contribution in [3.05, 3.63) is 11.4 Å². The highest BCUT2D eigenvalue weighted by Gasteiger charge is 2.44. The van der Waals surface area contributed by atoms with Gasteiger partial charge in [0, 0.05) is 0 Å². The number of urea groups is 1. The standard InChI is InChI=1S/C12H16N4O3/c1-5(2)8-10(17)13-12(19)16(11(8)18)9-6(3)14-15-7(9)4/h5,8H,1-4H3,(H,14,15)(H,13,17,19). The second-order valence-electron chi connectivity index (χ2n) is 4.97. The summed E-state index contributed by atoms with van der Waals surface area (Å²) in [6, 6.07) is -0.723. The van der Waals surface area contributed by atoms with Crippen LogP contribution in [-0.4, -0.2) is 28.0 Å². The number of rotatable bonds is 2. The molecule has 4 amide bonds. The van der Waals surface area contributed by atoms with Crippen molar-refractivity contribution in [3.8, 4) is 0 Å². The van der Waals surface area contributed by atoms with Crippen molar-refractivity contribution in [2.24, 2.45) is 11.8 Å². The van der Waals surface area contributed by atoms with E-state index in [9.17, 15) is 14.4 Å². The van der Waals surface area contributed by atoms with Gasteiger partial charge in [-0.25, -0.2) is 9.69 Å². The number of hydrogen-bond acceptors (Lipinski definition) is 4. The van der Waals surface area contributed by atoms with Crippen molar-refractivity contribution in [1.29, 1.82) is 0 Å². The molecule has 1 saturated heterocycles. The maximum absolute atomic E-state index is 12.4. The van der Waals surface area contributed by atoms with Crippen LogP contribution in [0, 0.1) is 25.7 Å². The lowest BCUT2D eigenvalue weighted by molar-refractivity contribution is -0.136. The SMILES string of the molecule is Cc1n[nH]c(C)c1N1C(=O)NC(=O)C(C(C)C)C1=O. The molecule has 0 aromatic carbocycles.